The van der Waals surface area contributed by atoms with Gasteiger partial charge in [0.25, 0.3) is 0 Å². The maximum absolute atomic E-state index is 5.51. The molecule has 0 saturated heterocycles. The van der Waals surface area contributed by atoms with E-state index in [0.29, 0.717) is 12.1 Å². The third-order valence-corrected chi connectivity index (χ3v) is 1.56. The predicted octanol–water partition coefficient (Wildman–Crippen LogP) is 0.544. The van der Waals surface area contributed by atoms with Crippen LogP contribution in [0.4, 0.5) is 0 Å². The molecule has 0 radical (unpaired) electrons. The Morgan fingerprint density at radius 3 is 2.12 bits per heavy atom. The molecule has 3 heteroatoms. The highest BCUT2D eigenvalue weighted by atomic mass is 35.5. The first-order chi connectivity index (χ1) is 3.34. The molecule has 2 atom stereocenters. The van der Waals surface area contributed by atoms with Gasteiger partial charge < -0.3 is 10.5 Å². The standard InChI is InChI=1S/C5H11NO.ClH/c1-7-5-3-2-4(5)6;/h4-5H,2-3,6H2,1H3;1H/t4-,5-;/m0./s1. The van der Waals surface area contributed by atoms with Crippen LogP contribution in [-0.2, 0) is 4.74 Å². The molecule has 1 aliphatic rings. The monoisotopic (exact) mass is 137 g/mol. The number of halogens is 1. The van der Waals surface area contributed by atoms with Gasteiger partial charge >= 0.3 is 0 Å². The number of rotatable bonds is 1. The van der Waals surface area contributed by atoms with E-state index in [9.17, 15) is 0 Å². The zero-order valence-electron chi connectivity index (χ0n) is 4.96. The van der Waals surface area contributed by atoms with Crippen molar-refractivity contribution in [3.63, 3.8) is 0 Å². The van der Waals surface area contributed by atoms with E-state index < -0.39 is 0 Å². The molecule has 2 N–H and O–H groups in total. The smallest absolute Gasteiger partial charge is 0.0722 e. The van der Waals surface area contributed by atoms with Crippen molar-refractivity contribution >= 4 is 12.4 Å². The molecule has 0 amide bonds. The summed E-state index contributed by atoms with van der Waals surface area (Å²) in [6, 6.07) is 0.324. The van der Waals surface area contributed by atoms with E-state index in [1.54, 1.807) is 7.11 Å². The summed E-state index contributed by atoms with van der Waals surface area (Å²) in [5.74, 6) is 0. The first-order valence-electron chi connectivity index (χ1n) is 2.63. The zero-order chi connectivity index (χ0) is 5.28. The predicted molar refractivity (Wildman–Crippen MR) is 35.3 cm³/mol. The number of nitrogens with two attached hydrogens (primary N) is 1. The summed E-state index contributed by atoms with van der Waals surface area (Å²) in [7, 11) is 1.71. The van der Waals surface area contributed by atoms with Gasteiger partial charge in [0.2, 0.25) is 0 Å². The van der Waals surface area contributed by atoms with Crippen LogP contribution in [0.2, 0.25) is 0 Å². The lowest BCUT2D eigenvalue weighted by Gasteiger charge is -2.31. The first kappa shape index (κ1) is 8.21. The third-order valence-electron chi connectivity index (χ3n) is 1.56. The summed E-state index contributed by atoms with van der Waals surface area (Å²) in [5.41, 5.74) is 5.51. The highest BCUT2D eigenvalue weighted by Gasteiger charge is 2.26. The van der Waals surface area contributed by atoms with Crippen molar-refractivity contribution < 1.29 is 4.74 Å². The van der Waals surface area contributed by atoms with Crippen molar-refractivity contribution in [3.05, 3.63) is 0 Å². The van der Waals surface area contributed by atoms with E-state index in [1.165, 1.54) is 0 Å². The maximum Gasteiger partial charge on any atom is 0.0722 e. The van der Waals surface area contributed by atoms with Crippen LogP contribution < -0.4 is 5.73 Å². The Labute approximate surface area is 55.8 Å². The molecule has 1 rings (SSSR count). The Kier molecular flexibility index (Phi) is 3.36. The largest absolute Gasteiger partial charge is 0.380 e. The van der Waals surface area contributed by atoms with Crippen LogP contribution in [0.25, 0.3) is 0 Å². The van der Waals surface area contributed by atoms with Gasteiger partial charge in [-0.2, -0.15) is 0 Å². The minimum absolute atomic E-state index is 0. The Morgan fingerprint density at radius 1 is 1.50 bits per heavy atom. The molecular formula is C5H12ClNO. The molecular weight excluding hydrogens is 126 g/mol. The van der Waals surface area contributed by atoms with Crippen molar-refractivity contribution in [1.82, 2.24) is 0 Å². The minimum atomic E-state index is 0. The average Bonchev–Trinajstić information content (AvgIpc) is 1.65. The Balaban J connectivity index is 0.000000490. The van der Waals surface area contributed by atoms with Crippen LogP contribution in [0.3, 0.4) is 0 Å². The van der Waals surface area contributed by atoms with Crippen molar-refractivity contribution in [3.8, 4) is 0 Å². The molecule has 0 aromatic rings. The minimum Gasteiger partial charge on any atom is -0.380 e. The van der Waals surface area contributed by atoms with Gasteiger partial charge in [-0.3, -0.25) is 0 Å². The SMILES string of the molecule is CO[C@H]1CC[C@@H]1N.Cl. The summed E-state index contributed by atoms with van der Waals surface area (Å²) < 4.78 is 4.97. The van der Waals surface area contributed by atoms with Gasteiger partial charge in [0.1, 0.15) is 0 Å². The van der Waals surface area contributed by atoms with Gasteiger partial charge in [0.15, 0.2) is 0 Å². The van der Waals surface area contributed by atoms with E-state index >= 15 is 0 Å². The molecule has 0 heterocycles. The number of methoxy groups -OCH3 is 1. The van der Waals surface area contributed by atoms with Crippen molar-refractivity contribution in [2.45, 2.75) is 25.0 Å². The first-order valence-corrected chi connectivity index (χ1v) is 2.63. The molecule has 0 bridgehead atoms. The Bertz CT molecular complexity index is 67.4. The van der Waals surface area contributed by atoms with Gasteiger partial charge in [-0.25, -0.2) is 0 Å². The fourth-order valence-electron chi connectivity index (χ4n) is 0.788. The summed E-state index contributed by atoms with van der Waals surface area (Å²) in [6.07, 6.45) is 2.65. The summed E-state index contributed by atoms with van der Waals surface area (Å²) >= 11 is 0. The second-order valence-corrected chi connectivity index (χ2v) is 2.02. The van der Waals surface area contributed by atoms with Crippen LogP contribution in [0, 0.1) is 0 Å². The van der Waals surface area contributed by atoms with E-state index in [-0.39, 0.29) is 12.4 Å². The van der Waals surface area contributed by atoms with Crippen molar-refractivity contribution in [2.75, 3.05) is 7.11 Å². The van der Waals surface area contributed by atoms with E-state index in [0.717, 1.165) is 12.8 Å². The highest BCUT2D eigenvalue weighted by molar-refractivity contribution is 5.85. The van der Waals surface area contributed by atoms with Crippen LogP contribution >= 0.6 is 12.4 Å². The van der Waals surface area contributed by atoms with Gasteiger partial charge in [-0.15, -0.1) is 12.4 Å². The van der Waals surface area contributed by atoms with E-state index in [2.05, 4.69) is 0 Å². The van der Waals surface area contributed by atoms with Gasteiger partial charge in [0.05, 0.1) is 6.10 Å². The Morgan fingerprint density at radius 2 is 2.12 bits per heavy atom. The van der Waals surface area contributed by atoms with Gasteiger partial charge in [-0.05, 0) is 12.8 Å². The fraction of sp³-hybridized carbons (Fsp3) is 1.00. The van der Waals surface area contributed by atoms with Crippen LogP contribution in [0.1, 0.15) is 12.8 Å². The topological polar surface area (TPSA) is 35.2 Å². The van der Waals surface area contributed by atoms with E-state index in [1.807, 2.05) is 0 Å². The molecule has 1 aliphatic carbocycles. The van der Waals surface area contributed by atoms with Crippen LogP contribution in [0.5, 0.6) is 0 Å². The molecule has 0 spiro atoms. The molecule has 1 saturated carbocycles. The van der Waals surface area contributed by atoms with Gasteiger partial charge in [0, 0.05) is 13.2 Å². The maximum atomic E-state index is 5.51. The molecule has 2 nitrogen and oxygen atoms in total. The van der Waals surface area contributed by atoms with Crippen molar-refractivity contribution in [1.29, 1.82) is 0 Å². The quantitative estimate of drug-likeness (QED) is 0.573. The zero-order valence-corrected chi connectivity index (χ0v) is 5.78. The highest BCUT2D eigenvalue weighted by Crippen LogP contribution is 2.19. The molecule has 1 fully saturated rings. The van der Waals surface area contributed by atoms with Crippen LogP contribution in [-0.4, -0.2) is 19.3 Å². The summed E-state index contributed by atoms with van der Waals surface area (Å²) in [5, 5.41) is 0. The molecule has 0 aromatic carbocycles. The average molecular weight is 138 g/mol. The lowest BCUT2D eigenvalue weighted by molar-refractivity contribution is 0.0213. The number of hydrogen-bond donors (Lipinski definition) is 1. The number of hydrogen-bond acceptors (Lipinski definition) is 2. The second-order valence-electron chi connectivity index (χ2n) is 2.02. The molecule has 50 valence electrons. The normalized spacial score (nSPS) is 35.2. The molecule has 8 heavy (non-hydrogen) atoms. The lowest BCUT2D eigenvalue weighted by Crippen LogP contribution is -2.45. The Hall–Kier alpha value is 0.210. The molecule has 0 aliphatic heterocycles. The fourth-order valence-corrected chi connectivity index (χ4v) is 0.788. The lowest BCUT2D eigenvalue weighted by atomic mass is 9.90. The van der Waals surface area contributed by atoms with E-state index in [4.69, 9.17) is 10.5 Å². The van der Waals surface area contributed by atoms with Crippen molar-refractivity contribution in [2.24, 2.45) is 5.73 Å². The summed E-state index contributed by atoms with van der Waals surface area (Å²) in [4.78, 5) is 0. The third kappa shape index (κ3) is 1.34. The van der Waals surface area contributed by atoms with Crippen LogP contribution in [0.15, 0.2) is 0 Å². The summed E-state index contributed by atoms with van der Waals surface area (Å²) in [6.45, 7) is 0. The second kappa shape index (κ2) is 3.28. The molecule has 0 aromatic heterocycles. The molecule has 0 unspecified atom stereocenters. The van der Waals surface area contributed by atoms with Gasteiger partial charge in [-0.1, -0.05) is 0 Å². The number of ether oxygens (including phenoxy) is 1.